The van der Waals surface area contributed by atoms with E-state index < -0.39 is 23.7 Å². The highest BCUT2D eigenvalue weighted by Crippen LogP contribution is 2.40. The lowest BCUT2D eigenvalue weighted by Crippen LogP contribution is -2.34. The number of carbonyl (C=O) groups excluding carboxylic acids is 2. The van der Waals surface area contributed by atoms with Gasteiger partial charge in [-0.1, -0.05) is 42.5 Å². The maximum atomic E-state index is 14.3. The minimum Gasteiger partial charge on any atom is -0.496 e. The third kappa shape index (κ3) is 4.25. The van der Waals surface area contributed by atoms with E-state index in [1.54, 1.807) is 54.6 Å². The molecule has 0 fully saturated rings. The summed E-state index contributed by atoms with van der Waals surface area (Å²) in [7, 11) is 1.47. The Morgan fingerprint density at radius 3 is 2.63 bits per heavy atom. The van der Waals surface area contributed by atoms with Crippen LogP contribution in [0.2, 0.25) is 0 Å². The van der Waals surface area contributed by atoms with Crippen LogP contribution in [0.1, 0.15) is 43.4 Å². The van der Waals surface area contributed by atoms with Crippen LogP contribution in [0.5, 0.6) is 5.75 Å². The van der Waals surface area contributed by atoms with Crippen molar-refractivity contribution in [3.8, 4) is 5.75 Å². The number of anilines is 1. The van der Waals surface area contributed by atoms with Crippen LogP contribution < -0.4 is 15.4 Å². The van der Waals surface area contributed by atoms with Gasteiger partial charge in [-0.25, -0.2) is 4.98 Å². The summed E-state index contributed by atoms with van der Waals surface area (Å²) in [6.45, 7) is 1.31. The third-order valence-electron chi connectivity index (χ3n) is 6.41. The fourth-order valence-electron chi connectivity index (χ4n) is 4.65. The van der Waals surface area contributed by atoms with Crippen LogP contribution in [0, 0.1) is 6.92 Å². The molecule has 194 valence electrons. The minimum atomic E-state index is -4.84. The predicted molar refractivity (Wildman–Crippen MR) is 135 cm³/mol. The summed E-state index contributed by atoms with van der Waals surface area (Å²) >= 11 is 0. The van der Waals surface area contributed by atoms with Gasteiger partial charge in [0.25, 0.3) is 11.8 Å². The number of amides is 2. The summed E-state index contributed by atoms with van der Waals surface area (Å²) in [5.74, 6) is -1.10. The summed E-state index contributed by atoms with van der Waals surface area (Å²) in [6, 6.07) is 13.2. The predicted octanol–water partition coefficient (Wildman–Crippen LogP) is 4.59. The summed E-state index contributed by atoms with van der Waals surface area (Å²) < 4.78 is 49.4. The molecule has 1 aliphatic heterocycles. The molecule has 11 heteroatoms. The van der Waals surface area contributed by atoms with Crippen LogP contribution in [0.3, 0.4) is 0 Å². The summed E-state index contributed by atoms with van der Waals surface area (Å²) in [5, 5.41) is 4.30. The zero-order chi connectivity index (χ0) is 27.2. The first-order valence-electron chi connectivity index (χ1n) is 11.6. The number of ether oxygens (including phenoxy) is 1. The van der Waals surface area contributed by atoms with Crippen molar-refractivity contribution in [2.45, 2.75) is 19.6 Å². The third-order valence-corrected chi connectivity index (χ3v) is 6.41. The van der Waals surface area contributed by atoms with E-state index in [1.807, 2.05) is 0 Å². The SMILES string of the molecule is COc1ccccc1Cn1nc(C(F)(F)F)c(N2C/C=C/c3cccc4nc(C(N)=O)cc(c34)C2=O)c1C. The zero-order valence-electron chi connectivity index (χ0n) is 20.4. The number of halogens is 3. The van der Waals surface area contributed by atoms with Crippen molar-refractivity contribution >= 4 is 34.5 Å². The molecule has 0 spiro atoms. The average molecular weight is 521 g/mol. The maximum Gasteiger partial charge on any atom is 0.437 e. The first kappa shape index (κ1) is 25.0. The Hall–Kier alpha value is -4.67. The normalized spacial score (nSPS) is 14.3. The van der Waals surface area contributed by atoms with Gasteiger partial charge in [-0.15, -0.1) is 0 Å². The summed E-state index contributed by atoms with van der Waals surface area (Å²) in [4.78, 5) is 31.1. The molecule has 4 aromatic rings. The summed E-state index contributed by atoms with van der Waals surface area (Å²) in [6.07, 6.45) is -1.53. The van der Waals surface area contributed by atoms with Crippen molar-refractivity contribution in [3.63, 3.8) is 0 Å². The van der Waals surface area contributed by atoms with Crippen molar-refractivity contribution in [1.29, 1.82) is 0 Å². The number of methoxy groups -OCH3 is 1. The molecular formula is C27H22F3N5O3. The van der Waals surface area contributed by atoms with Crippen LogP contribution in [0.25, 0.3) is 17.0 Å². The number of primary amides is 1. The lowest BCUT2D eigenvalue weighted by atomic mass is 9.98. The zero-order valence-corrected chi connectivity index (χ0v) is 20.4. The van der Waals surface area contributed by atoms with Crippen LogP contribution in [0.4, 0.5) is 18.9 Å². The highest BCUT2D eigenvalue weighted by Gasteiger charge is 2.42. The van der Waals surface area contributed by atoms with E-state index in [4.69, 9.17) is 10.5 Å². The van der Waals surface area contributed by atoms with E-state index in [9.17, 15) is 22.8 Å². The fraction of sp³-hybridized carbons (Fsp3) is 0.185. The van der Waals surface area contributed by atoms with Gasteiger partial charge < -0.3 is 15.4 Å². The van der Waals surface area contributed by atoms with E-state index in [2.05, 4.69) is 10.1 Å². The molecule has 2 aromatic carbocycles. The highest BCUT2D eigenvalue weighted by molar-refractivity contribution is 6.17. The van der Waals surface area contributed by atoms with E-state index in [0.29, 0.717) is 27.8 Å². The van der Waals surface area contributed by atoms with E-state index in [0.717, 1.165) is 4.90 Å². The molecule has 2 N–H and O–H groups in total. The Labute approximate surface area is 215 Å². The number of rotatable bonds is 5. The molecule has 0 saturated carbocycles. The molecule has 2 amide bonds. The van der Waals surface area contributed by atoms with E-state index in [-0.39, 0.29) is 35.7 Å². The highest BCUT2D eigenvalue weighted by atomic mass is 19.4. The largest absolute Gasteiger partial charge is 0.496 e. The maximum absolute atomic E-state index is 14.3. The van der Waals surface area contributed by atoms with Crippen molar-refractivity contribution < 1.29 is 27.5 Å². The number of para-hydroxylation sites is 1. The van der Waals surface area contributed by atoms with Gasteiger partial charge in [0.05, 0.1) is 36.1 Å². The van der Waals surface area contributed by atoms with Gasteiger partial charge in [-0.3, -0.25) is 14.3 Å². The first-order chi connectivity index (χ1) is 18.1. The molecule has 8 nitrogen and oxygen atoms in total. The minimum absolute atomic E-state index is 0.00897. The lowest BCUT2D eigenvalue weighted by Gasteiger charge is -2.25. The van der Waals surface area contributed by atoms with Gasteiger partial charge in [0.2, 0.25) is 0 Å². The molecule has 0 bridgehead atoms. The van der Waals surface area contributed by atoms with Gasteiger partial charge in [-0.05, 0) is 30.7 Å². The Morgan fingerprint density at radius 1 is 1.16 bits per heavy atom. The Balaban J connectivity index is 1.70. The Kier molecular flexibility index (Phi) is 6.14. The number of nitrogens with two attached hydrogens (primary N) is 1. The van der Waals surface area contributed by atoms with Crippen LogP contribution in [-0.4, -0.2) is 40.2 Å². The average Bonchev–Trinajstić information content (AvgIpc) is 3.21. The van der Waals surface area contributed by atoms with Gasteiger partial charge in [0, 0.05) is 17.5 Å². The van der Waals surface area contributed by atoms with Crippen molar-refractivity contribution in [2.75, 3.05) is 18.6 Å². The van der Waals surface area contributed by atoms with E-state index >= 15 is 0 Å². The van der Waals surface area contributed by atoms with Gasteiger partial charge in [0.1, 0.15) is 11.4 Å². The van der Waals surface area contributed by atoms with Crippen molar-refractivity contribution in [1.82, 2.24) is 14.8 Å². The van der Waals surface area contributed by atoms with Gasteiger partial charge in [-0.2, -0.15) is 18.3 Å². The molecule has 5 rings (SSSR count). The first-order valence-corrected chi connectivity index (χ1v) is 11.6. The molecule has 0 atom stereocenters. The molecule has 0 saturated heterocycles. The quantitative estimate of drug-likeness (QED) is 0.414. The van der Waals surface area contributed by atoms with Crippen molar-refractivity contribution in [2.24, 2.45) is 5.73 Å². The van der Waals surface area contributed by atoms with Gasteiger partial charge in [0.15, 0.2) is 5.69 Å². The number of alkyl halides is 3. The van der Waals surface area contributed by atoms with Crippen molar-refractivity contribution in [3.05, 3.63) is 88.4 Å². The standard InChI is InChI=1S/C27H22F3N5O3/c1-15-23(24(27(28,29)30)33-35(15)14-17-7-3-4-11-21(17)38-2)34-12-6-9-16-8-5-10-19-22(16)18(26(34)37)13-20(32-19)25(31)36/h3-11,13H,12,14H2,1-2H3,(H2,31,36)/b9-6+. The number of nitrogens with zero attached hydrogens (tertiary/aromatic N) is 4. The van der Waals surface area contributed by atoms with Crippen LogP contribution in [-0.2, 0) is 12.7 Å². The second-order valence-corrected chi connectivity index (χ2v) is 8.73. The fourth-order valence-corrected chi connectivity index (χ4v) is 4.65. The monoisotopic (exact) mass is 521 g/mol. The number of benzene rings is 2. The Bertz CT molecular complexity index is 1620. The molecule has 2 aromatic heterocycles. The topological polar surface area (TPSA) is 103 Å². The second kappa shape index (κ2) is 9.33. The second-order valence-electron chi connectivity index (χ2n) is 8.73. The number of carbonyl (C=O) groups is 2. The Morgan fingerprint density at radius 2 is 1.92 bits per heavy atom. The van der Waals surface area contributed by atoms with E-state index in [1.165, 1.54) is 24.8 Å². The number of hydrogen-bond acceptors (Lipinski definition) is 5. The number of pyridine rings is 1. The smallest absolute Gasteiger partial charge is 0.437 e. The van der Waals surface area contributed by atoms with Crippen LogP contribution in [0.15, 0.2) is 54.6 Å². The lowest BCUT2D eigenvalue weighted by molar-refractivity contribution is -0.141. The molecule has 38 heavy (non-hydrogen) atoms. The molecule has 1 aliphatic rings. The number of hydrogen-bond donors (Lipinski definition) is 1. The van der Waals surface area contributed by atoms with Gasteiger partial charge >= 0.3 is 6.18 Å². The van der Waals surface area contributed by atoms with Crippen LogP contribution >= 0.6 is 0 Å². The molecule has 0 unspecified atom stereocenters. The molecule has 0 aliphatic carbocycles. The molecular weight excluding hydrogens is 499 g/mol. The molecule has 3 heterocycles. The molecule has 0 radical (unpaired) electrons. The summed E-state index contributed by atoms with van der Waals surface area (Å²) in [5.41, 5.74) is 5.47. The number of aromatic nitrogens is 3.